The molecule has 0 aliphatic carbocycles. The summed E-state index contributed by atoms with van der Waals surface area (Å²) in [5.74, 6) is 0.359. The first-order chi connectivity index (χ1) is 6.22. The Hall–Kier alpha value is -1.36. The molecule has 1 rings (SSSR count). The fourth-order valence-electron chi connectivity index (χ4n) is 0.687. The Kier molecular flexibility index (Phi) is 3.45. The van der Waals surface area contributed by atoms with Gasteiger partial charge in [-0.25, -0.2) is 4.98 Å². The van der Waals surface area contributed by atoms with E-state index >= 15 is 0 Å². The molecule has 0 bridgehead atoms. The first-order valence-corrected chi connectivity index (χ1v) is 4.02. The van der Waals surface area contributed by atoms with Gasteiger partial charge in [-0.05, 0) is 0 Å². The molecule has 1 amide bonds. The van der Waals surface area contributed by atoms with Gasteiger partial charge in [0.2, 0.25) is 5.91 Å². The van der Waals surface area contributed by atoms with Gasteiger partial charge in [-0.2, -0.15) is 0 Å². The van der Waals surface area contributed by atoms with E-state index in [4.69, 9.17) is 11.6 Å². The number of nitrogens with zero attached hydrogens (tertiary/aromatic N) is 2. The first-order valence-electron chi connectivity index (χ1n) is 3.64. The number of amides is 1. The molecule has 1 aromatic heterocycles. The summed E-state index contributed by atoms with van der Waals surface area (Å²) in [5.41, 5.74) is 0. The van der Waals surface area contributed by atoms with Crippen LogP contribution in [0.5, 0.6) is 0 Å². The molecule has 0 saturated carbocycles. The average Bonchev–Trinajstić information content (AvgIpc) is 2.14. The van der Waals surface area contributed by atoms with E-state index in [9.17, 15) is 4.79 Å². The van der Waals surface area contributed by atoms with E-state index in [0.717, 1.165) is 0 Å². The average molecular weight is 201 g/mol. The van der Waals surface area contributed by atoms with Gasteiger partial charge in [0.25, 0.3) is 0 Å². The summed E-state index contributed by atoms with van der Waals surface area (Å²) in [6.45, 7) is 0.158. The highest BCUT2D eigenvalue weighted by Crippen LogP contribution is 2.05. The minimum Gasteiger partial charge on any atom is -0.360 e. The van der Waals surface area contributed by atoms with E-state index in [-0.39, 0.29) is 12.5 Å². The third-order valence-corrected chi connectivity index (χ3v) is 1.50. The minimum atomic E-state index is -0.123. The van der Waals surface area contributed by atoms with Crippen molar-refractivity contribution in [2.45, 2.75) is 0 Å². The van der Waals surface area contributed by atoms with Crippen LogP contribution in [-0.4, -0.2) is 29.5 Å². The SMILES string of the molecule is CNC(=O)CNc1cncc(Cl)n1. The molecule has 0 saturated heterocycles. The number of nitrogens with one attached hydrogen (secondary N) is 2. The Bertz CT molecular complexity index is 304. The van der Waals surface area contributed by atoms with Crippen molar-refractivity contribution in [3.05, 3.63) is 17.5 Å². The molecule has 0 radical (unpaired) electrons. The molecule has 2 N–H and O–H groups in total. The standard InChI is InChI=1S/C7H9ClN4O/c1-9-7(13)4-11-6-3-10-2-5(8)12-6/h2-3H,4H2,1H3,(H,9,13)(H,11,12). The fourth-order valence-corrected chi connectivity index (χ4v) is 0.834. The van der Waals surface area contributed by atoms with Crippen LogP contribution in [0.25, 0.3) is 0 Å². The molecule has 0 spiro atoms. The van der Waals surface area contributed by atoms with Crippen LogP contribution >= 0.6 is 11.6 Å². The lowest BCUT2D eigenvalue weighted by Gasteiger charge is -2.03. The van der Waals surface area contributed by atoms with Crippen LogP contribution in [0.3, 0.4) is 0 Å². The van der Waals surface area contributed by atoms with Crippen LogP contribution in [0.1, 0.15) is 0 Å². The zero-order chi connectivity index (χ0) is 9.68. The number of likely N-dealkylation sites (N-methyl/N-ethyl adjacent to an activating group) is 1. The van der Waals surface area contributed by atoms with Crippen molar-refractivity contribution >= 4 is 23.3 Å². The normalized spacial score (nSPS) is 9.38. The molecule has 0 atom stereocenters. The Labute approximate surface area is 80.5 Å². The van der Waals surface area contributed by atoms with Crippen molar-refractivity contribution < 1.29 is 4.79 Å². The second kappa shape index (κ2) is 4.61. The molecule has 0 aliphatic rings. The van der Waals surface area contributed by atoms with Crippen LogP contribution in [-0.2, 0) is 4.79 Å². The monoisotopic (exact) mass is 200 g/mol. The molecular weight excluding hydrogens is 192 g/mol. The van der Waals surface area contributed by atoms with Crippen molar-refractivity contribution in [1.29, 1.82) is 0 Å². The second-order valence-corrected chi connectivity index (χ2v) is 2.64. The maximum absolute atomic E-state index is 10.8. The van der Waals surface area contributed by atoms with Gasteiger partial charge in [0.1, 0.15) is 11.0 Å². The number of hydrogen-bond acceptors (Lipinski definition) is 4. The van der Waals surface area contributed by atoms with Crippen LogP contribution in [0.4, 0.5) is 5.82 Å². The molecule has 0 unspecified atom stereocenters. The number of halogens is 1. The van der Waals surface area contributed by atoms with Crippen molar-refractivity contribution in [1.82, 2.24) is 15.3 Å². The maximum Gasteiger partial charge on any atom is 0.239 e. The van der Waals surface area contributed by atoms with Crippen LogP contribution in [0.15, 0.2) is 12.4 Å². The lowest BCUT2D eigenvalue weighted by Crippen LogP contribution is -2.26. The van der Waals surface area contributed by atoms with Crippen molar-refractivity contribution in [2.75, 3.05) is 18.9 Å². The molecule has 0 aromatic carbocycles. The van der Waals surface area contributed by atoms with E-state index in [1.807, 2.05) is 0 Å². The highest BCUT2D eigenvalue weighted by atomic mass is 35.5. The van der Waals surface area contributed by atoms with Gasteiger partial charge >= 0.3 is 0 Å². The van der Waals surface area contributed by atoms with Crippen LogP contribution < -0.4 is 10.6 Å². The number of anilines is 1. The van der Waals surface area contributed by atoms with Crippen LogP contribution in [0, 0.1) is 0 Å². The predicted molar refractivity (Wildman–Crippen MR) is 49.6 cm³/mol. The lowest BCUT2D eigenvalue weighted by atomic mass is 10.5. The van der Waals surface area contributed by atoms with Crippen molar-refractivity contribution in [3.63, 3.8) is 0 Å². The minimum absolute atomic E-state index is 0.123. The quantitative estimate of drug-likeness (QED) is 0.736. The van der Waals surface area contributed by atoms with Gasteiger partial charge < -0.3 is 10.6 Å². The third-order valence-electron chi connectivity index (χ3n) is 1.31. The summed E-state index contributed by atoms with van der Waals surface area (Å²) >= 11 is 5.58. The molecule has 1 heterocycles. The Morgan fingerprint density at radius 3 is 3.00 bits per heavy atom. The number of carbonyl (C=O) groups is 1. The van der Waals surface area contributed by atoms with Crippen LogP contribution in [0.2, 0.25) is 5.15 Å². The number of carbonyl (C=O) groups excluding carboxylic acids is 1. The molecule has 0 aliphatic heterocycles. The predicted octanol–water partition coefficient (Wildman–Crippen LogP) is 0.288. The topological polar surface area (TPSA) is 66.9 Å². The summed E-state index contributed by atoms with van der Waals surface area (Å²) in [6.07, 6.45) is 2.92. The molecule has 1 aromatic rings. The van der Waals surface area contributed by atoms with E-state index in [2.05, 4.69) is 20.6 Å². The third kappa shape index (κ3) is 3.25. The van der Waals surface area contributed by atoms with Gasteiger partial charge in [-0.1, -0.05) is 11.6 Å². The van der Waals surface area contributed by atoms with E-state index in [1.54, 1.807) is 7.05 Å². The summed E-state index contributed by atoms with van der Waals surface area (Å²) < 4.78 is 0. The van der Waals surface area contributed by atoms with Gasteiger partial charge in [0.05, 0.1) is 18.9 Å². The maximum atomic E-state index is 10.8. The Balaban J connectivity index is 2.50. The summed E-state index contributed by atoms with van der Waals surface area (Å²) in [7, 11) is 1.56. The summed E-state index contributed by atoms with van der Waals surface area (Å²) in [5, 5.41) is 5.53. The van der Waals surface area contributed by atoms with Crippen molar-refractivity contribution in [2.24, 2.45) is 0 Å². The number of rotatable bonds is 3. The van der Waals surface area contributed by atoms with Gasteiger partial charge in [-0.15, -0.1) is 0 Å². The van der Waals surface area contributed by atoms with E-state index in [0.29, 0.717) is 11.0 Å². The molecular formula is C7H9ClN4O. The zero-order valence-electron chi connectivity index (χ0n) is 7.04. The molecule has 0 fully saturated rings. The van der Waals surface area contributed by atoms with Gasteiger partial charge in [0.15, 0.2) is 0 Å². The largest absolute Gasteiger partial charge is 0.360 e. The smallest absolute Gasteiger partial charge is 0.239 e. The molecule has 70 valence electrons. The highest BCUT2D eigenvalue weighted by molar-refractivity contribution is 6.29. The molecule has 5 nitrogen and oxygen atoms in total. The summed E-state index contributed by atoms with van der Waals surface area (Å²) in [6, 6.07) is 0. The van der Waals surface area contributed by atoms with E-state index in [1.165, 1.54) is 12.4 Å². The van der Waals surface area contributed by atoms with Gasteiger partial charge in [0, 0.05) is 7.05 Å². The molecule has 6 heteroatoms. The van der Waals surface area contributed by atoms with Crippen molar-refractivity contribution in [3.8, 4) is 0 Å². The first kappa shape index (κ1) is 9.73. The van der Waals surface area contributed by atoms with E-state index < -0.39 is 0 Å². The number of aromatic nitrogens is 2. The number of hydrogen-bond donors (Lipinski definition) is 2. The fraction of sp³-hybridized carbons (Fsp3) is 0.286. The summed E-state index contributed by atoms with van der Waals surface area (Å²) in [4.78, 5) is 18.5. The zero-order valence-corrected chi connectivity index (χ0v) is 7.80. The Morgan fingerprint density at radius 2 is 2.38 bits per heavy atom. The van der Waals surface area contributed by atoms with Gasteiger partial charge in [-0.3, -0.25) is 9.78 Å². The lowest BCUT2D eigenvalue weighted by molar-refractivity contribution is -0.118. The highest BCUT2D eigenvalue weighted by Gasteiger charge is 1.99. The second-order valence-electron chi connectivity index (χ2n) is 2.25. The Morgan fingerprint density at radius 1 is 1.62 bits per heavy atom. The molecule has 13 heavy (non-hydrogen) atoms.